The highest BCUT2D eigenvalue weighted by atomic mass is 32.2. The second-order valence-electron chi connectivity index (χ2n) is 12.9. The summed E-state index contributed by atoms with van der Waals surface area (Å²) in [6, 6.07) is 9.05. The Kier molecular flexibility index (Phi) is 9.11. The Hall–Kier alpha value is -1.69. The van der Waals surface area contributed by atoms with Gasteiger partial charge in [-0.3, -0.25) is 0 Å². The Labute approximate surface area is 230 Å². The summed E-state index contributed by atoms with van der Waals surface area (Å²) in [6.07, 6.45) is 11.1. The van der Waals surface area contributed by atoms with Crippen molar-refractivity contribution in [2.45, 2.75) is 108 Å². The molecule has 3 fully saturated rings. The Morgan fingerprint density at radius 1 is 1.08 bits per heavy atom. The molecule has 0 radical (unpaired) electrons. The molecular weight excluding hydrogens is 492 g/mol. The van der Waals surface area contributed by atoms with Crippen LogP contribution in [-0.4, -0.2) is 36.1 Å². The number of sulfone groups is 1. The first-order valence-electron chi connectivity index (χ1n) is 14.7. The number of rotatable bonds is 8. The maximum absolute atomic E-state index is 14.0. The molecule has 1 aromatic rings. The van der Waals surface area contributed by atoms with E-state index in [2.05, 4.69) is 46.4 Å². The molecule has 0 aliphatic heterocycles. The molecule has 0 saturated heterocycles. The molecule has 4 rings (SSSR count). The molecule has 0 spiro atoms. The lowest BCUT2D eigenvalue weighted by Crippen LogP contribution is -2.41. The highest BCUT2D eigenvalue weighted by Gasteiger charge is 2.53. The SMILES string of the molecule is C=C1C(=CC=C2CCC[C@]3(C)[C@@H]([C@H](C)C(CCC(C)C)S(=O)(=O)c4ccccc4)CC[C@@H]23)C[C@@H](O)C[C@@H]1O. The van der Waals surface area contributed by atoms with E-state index in [1.54, 1.807) is 12.1 Å². The Balaban J connectivity index is 1.61. The van der Waals surface area contributed by atoms with Crippen molar-refractivity contribution in [1.82, 2.24) is 0 Å². The van der Waals surface area contributed by atoms with Crippen LogP contribution >= 0.6 is 0 Å². The summed E-state index contributed by atoms with van der Waals surface area (Å²) in [5.41, 5.74) is 3.18. The standard InChI is InChI=1S/C33H48O4S/c1-22(2)13-18-32(38(36,37)28-11-7-6-8-12-28)24(4)29-16-17-30-25(10-9-19-33(29,30)5)14-15-26-20-27(34)21-31(35)23(26)3/h6-8,11-12,14-15,22,24,27,29-32,34-35H,3,9-10,13,16-21H2,1-2,4-5H3/t24-,27+,29+,30-,31-,32?,33+/m0/s1. The van der Waals surface area contributed by atoms with E-state index >= 15 is 0 Å². The third-order valence-electron chi connectivity index (χ3n) is 10.0. The summed E-state index contributed by atoms with van der Waals surface area (Å²) in [7, 11) is -3.43. The van der Waals surface area contributed by atoms with Gasteiger partial charge in [0.1, 0.15) is 0 Å². The minimum atomic E-state index is -3.43. The monoisotopic (exact) mass is 540 g/mol. The van der Waals surface area contributed by atoms with Crippen LogP contribution in [0.1, 0.15) is 85.5 Å². The number of fused-ring (bicyclic) bond motifs is 1. The third-order valence-corrected chi connectivity index (χ3v) is 12.4. The van der Waals surface area contributed by atoms with E-state index in [0.717, 1.165) is 49.7 Å². The van der Waals surface area contributed by atoms with Crippen LogP contribution in [0.3, 0.4) is 0 Å². The van der Waals surface area contributed by atoms with Crippen LogP contribution in [0.4, 0.5) is 0 Å². The van der Waals surface area contributed by atoms with Gasteiger partial charge in [0.2, 0.25) is 0 Å². The Bertz CT molecular complexity index is 1150. The maximum atomic E-state index is 14.0. The maximum Gasteiger partial charge on any atom is 0.181 e. The summed E-state index contributed by atoms with van der Waals surface area (Å²) in [5.74, 6) is 1.34. The molecule has 4 nitrogen and oxygen atoms in total. The number of allylic oxidation sites excluding steroid dienone is 3. The van der Waals surface area contributed by atoms with Crippen LogP contribution in [0.5, 0.6) is 0 Å². The molecule has 38 heavy (non-hydrogen) atoms. The first-order chi connectivity index (χ1) is 17.9. The summed E-state index contributed by atoms with van der Waals surface area (Å²) < 4.78 is 27.9. The van der Waals surface area contributed by atoms with E-state index in [0.29, 0.717) is 41.9 Å². The van der Waals surface area contributed by atoms with Gasteiger partial charge in [0.25, 0.3) is 0 Å². The smallest absolute Gasteiger partial charge is 0.181 e. The molecule has 5 heteroatoms. The van der Waals surface area contributed by atoms with Crippen LogP contribution in [0, 0.1) is 29.1 Å². The molecule has 2 N–H and O–H groups in total. The summed E-state index contributed by atoms with van der Waals surface area (Å²) >= 11 is 0. The largest absolute Gasteiger partial charge is 0.393 e. The Morgan fingerprint density at radius 2 is 1.79 bits per heavy atom. The molecule has 7 atom stereocenters. The van der Waals surface area contributed by atoms with Gasteiger partial charge in [0.15, 0.2) is 9.84 Å². The van der Waals surface area contributed by atoms with Crippen LogP contribution < -0.4 is 0 Å². The van der Waals surface area contributed by atoms with E-state index < -0.39 is 22.0 Å². The fourth-order valence-corrected chi connectivity index (χ4v) is 9.94. The molecule has 3 saturated carbocycles. The predicted molar refractivity (Wildman–Crippen MR) is 155 cm³/mol. The molecule has 3 aliphatic carbocycles. The average Bonchev–Trinajstić information content (AvgIpc) is 3.23. The minimum absolute atomic E-state index is 0.0763. The van der Waals surface area contributed by atoms with Gasteiger partial charge in [-0.25, -0.2) is 8.42 Å². The van der Waals surface area contributed by atoms with Crippen molar-refractivity contribution in [2.24, 2.45) is 29.1 Å². The molecule has 0 heterocycles. The van der Waals surface area contributed by atoms with E-state index in [4.69, 9.17) is 0 Å². The third kappa shape index (κ3) is 5.90. The second-order valence-corrected chi connectivity index (χ2v) is 15.1. The molecule has 0 aromatic heterocycles. The topological polar surface area (TPSA) is 74.6 Å². The van der Waals surface area contributed by atoms with Gasteiger partial charge in [-0.15, -0.1) is 0 Å². The lowest BCUT2D eigenvalue weighted by molar-refractivity contribution is 0.0861. The van der Waals surface area contributed by atoms with Crippen molar-refractivity contribution in [2.75, 3.05) is 0 Å². The summed E-state index contributed by atoms with van der Waals surface area (Å²) in [5, 5.41) is 20.0. The van der Waals surface area contributed by atoms with Gasteiger partial charge in [-0.05, 0) is 104 Å². The zero-order chi connectivity index (χ0) is 27.7. The van der Waals surface area contributed by atoms with Crippen molar-refractivity contribution in [3.05, 3.63) is 65.8 Å². The molecule has 0 bridgehead atoms. The predicted octanol–water partition coefficient (Wildman–Crippen LogP) is 7.04. The van der Waals surface area contributed by atoms with Crippen LogP contribution in [0.25, 0.3) is 0 Å². The van der Waals surface area contributed by atoms with Gasteiger partial charge in [0.05, 0.1) is 22.4 Å². The first kappa shape index (κ1) is 29.3. The zero-order valence-corrected chi connectivity index (χ0v) is 24.6. The lowest BCUT2D eigenvalue weighted by Gasteiger charge is -2.45. The van der Waals surface area contributed by atoms with E-state index in [1.165, 1.54) is 5.57 Å². The number of aliphatic hydroxyl groups is 2. The summed E-state index contributed by atoms with van der Waals surface area (Å²) in [6.45, 7) is 13.0. The van der Waals surface area contributed by atoms with Gasteiger partial charge >= 0.3 is 0 Å². The van der Waals surface area contributed by atoms with Gasteiger partial charge < -0.3 is 10.2 Å². The van der Waals surface area contributed by atoms with E-state index in [-0.39, 0.29) is 16.6 Å². The molecule has 3 aliphatic rings. The fraction of sp³-hybridized carbons (Fsp3) is 0.636. The van der Waals surface area contributed by atoms with E-state index in [1.807, 2.05) is 18.2 Å². The lowest BCUT2D eigenvalue weighted by atomic mass is 9.60. The van der Waals surface area contributed by atoms with E-state index in [9.17, 15) is 18.6 Å². The second kappa shape index (κ2) is 11.8. The zero-order valence-electron chi connectivity index (χ0n) is 23.8. The molecule has 210 valence electrons. The molecule has 1 unspecified atom stereocenters. The Morgan fingerprint density at radius 3 is 2.47 bits per heavy atom. The highest BCUT2D eigenvalue weighted by Crippen LogP contribution is 2.60. The number of benzene rings is 1. The fourth-order valence-electron chi connectivity index (χ4n) is 7.85. The average molecular weight is 541 g/mol. The van der Waals surface area contributed by atoms with Crippen molar-refractivity contribution >= 4 is 9.84 Å². The number of hydrogen-bond acceptors (Lipinski definition) is 4. The normalized spacial score (nSPS) is 34.0. The summed E-state index contributed by atoms with van der Waals surface area (Å²) in [4.78, 5) is 0.452. The van der Waals surface area contributed by atoms with Crippen molar-refractivity contribution in [3.63, 3.8) is 0 Å². The van der Waals surface area contributed by atoms with Gasteiger partial charge in [0, 0.05) is 6.42 Å². The van der Waals surface area contributed by atoms with Crippen LogP contribution in [0.15, 0.2) is 70.7 Å². The highest BCUT2D eigenvalue weighted by molar-refractivity contribution is 7.92. The molecule has 0 amide bonds. The van der Waals surface area contributed by atoms with Crippen molar-refractivity contribution < 1.29 is 18.6 Å². The van der Waals surface area contributed by atoms with Crippen molar-refractivity contribution in [1.29, 1.82) is 0 Å². The van der Waals surface area contributed by atoms with Gasteiger partial charge in [-0.1, -0.05) is 70.2 Å². The number of aliphatic hydroxyl groups excluding tert-OH is 2. The first-order valence-corrected chi connectivity index (χ1v) is 16.2. The number of hydrogen-bond donors (Lipinski definition) is 2. The van der Waals surface area contributed by atoms with Crippen LogP contribution in [-0.2, 0) is 9.84 Å². The molecular formula is C33H48O4S. The van der Waals surface area contributed by atoms with Gasteiger partial charge in [-0.2, -0.15) is 0 Å². The van der Waals surface area contributed by atoms with Crippen molar-refractivity contribution in [3.8, 4) is 0 Å². The quantitative estimate of drug-likeness (QED) is 0.371. The minimum Gasteiger partial charge on any atom is -0.393 e. The molecule has 1 aromatic carbocycles. The van der Waals surface area contributed by atoms with Crippen LogP contribution in [0.2, 0.25) is 0 Å².